The first kappa shape index (κ1) is 15.4. The van der Waals surface area contributed by atoms with Crippen LogP contribution >= 0.6 is 22.6 Å². The highest BCUT2D eigenvalue weighted by Crippen LogP contribution is 2.16. The molecule has 0 spiro atoms. The molecule has 2 aromatic carbocycles. The Hall–Kier alpha value is -1.95. The van der Waals surface area contributed by atoms with Crippen LogP contribution in [0.5, 0.6) is 0 Å². The summed E-state index contributed by atoms with van der Waals surface area (Å²) < 4.78 is 1.11. The molecule has 0 aliphatic heterocycles. The fourth-order valence-electron chi connectivity index (χ4n) is 1.87. The van der Waals surface area contributed by atoms with Crippen molar-refractivity contribution in [3.05, 3.63) is 85.5 Å². The summed E-state index contributed by atoms with van der Waals surface area (Å²) in [6, 6.07) is 14.8. The van der Waals surface area contributed by atoms with Crippen LogP contribution in [0.4, 0.5) is 5.69 Å². The molecule has 0 unspecified atom stereocenters. The Labute approximate surface area is 137 Å². The predicted molar refractivity (Wildman–Crippen MR) is 95.3 cm³/mol. The topological polar surface area (TPSA) is 43.1 Å². The summed E-state index contributed by atoms with van der Waals surface area (Å²) in [6.07, 6.45) is 4.81. The van der Waals surface area contributed by atoms with Gasteiger partial charge in [-0.2, -0.15) is 0 Å². The molecule has 2 rings (SSSR count). The Kier molecular flexibility index (Phi) is 5.27. The van der Waals surface area contributed by atoms with Crippen molar-refractivity contribution in [1.29, 1.82) is 0 Å². The van der Waals surface area contributed by atoms with Crippen LogP contribution in [0.3, 0.4) is 0 Å². The Morgan fingerprint density at radius 1 is 1.05 bits per heavy atom. The Balaban J connectivity index is 2.06. The third-order valence-corrected chi connectivity index (χ3v) is 3.33. The van der Waals surface area contributed by atoms with Gasteiger partial charge in [-0.3, -0.25) is 10.1 Å². The number of hydrogen-bond donors (Lipinski definition) is 0. The van der Waals surface area contributed by atoms with E-state index in [-0.39, 0.29) is 5.69 Å². The Bertz CT molecular complexity index is 673. The molecule has 0 saturated carbocycles. The van der Waals surface area contributed by atoms with Gasteiger partial charge < -0.3 is 0 Å². The minimum absolute atomic E-state index is 0.107. The maximum Gasteiger partial charge on any atom is 0.269 e. The van der Waals surface area contributed by atoms with E-state index < -0.39 is 4.92 Å². The van der Waals surface area contributed by atoms with Crippen LogP contribution in [-0.2, 0) is 6.42 Å². The van der Waals surface area contributed by atoms with E-state index in [1.165, 1.54) is 17.7 Å². The van der Waals surface area contributed by atoms with Crippen molar-refractivity contribution in [3.63, 3.8) is 0 Å². The highest BCUT2D eigenvalue weighted by Gasteiger charge is 2.02. The summed E-state index contributed by atoms with van der Waals surface area (Å²) in [5.41, 5.74) is 3.37. The summed E-state index contributed by atoms with van der Waals surface area (Å²) >= 11 is 2.23. The number of nitro benzene ring substituents is 1. The van der Waals surface area contributed by atoms with E-state index >= 15 is 0 Å². The van der Waals surface area contributed by atoms with Gasteiger partial charge in [0.2, 0.25) is 0 Å². The molecule has 0 amide bonds. The van der Waals surface area contributed by atoms with Crippen molar-refractivity contribution in [2.75, 3.05) is 0 Å². The molecule has 4 heteroatoms. The molecule has 0 bridgehead atoms. The third kappa shape index (κ3) is 4.82. The minimum atomic E-state index is -0.396. The quantitative estimate of drug-likeness (QED) is 0.302. The van der Waals surface area contributed by atoms with E-state index in [1.54, 1.807) is 12.1 Å². The first-order valence-corrected chi connectivity index (χ1v) is 7.47. The zero-order chi connectivity index (χ0) is 15.2. The lowest BCUT2D eigenvalue weighted by Crippen LogP contribution is -1.86. The normalized spacial score (nSPS) is 10.7. The first-order chi connectivity index (χ1) is 10.0. The average Bonchev–Trinajstić information content (AvgIpc) is 2.46. The molecule has 0 radical (unpaired) electrons. The second-order valence-electron chi connectivity index (χ2n) is 4.62. The van der Waals surface area contributed by atoms with Gasteiger partial charge in [0.05, 0.1) is 4.92 Å². The van der Waals surface area contributed by atoms with Crippen LogP contribution in [0.15, 0.2) is 58.7 Å². The van der Waals surface area contributed by atoms with Crippen molar-refractivity contribution >= 4 is 40.4 Å². The van der Waals surface area contributed by atoms with Gasteiger partial charge in [0.15, 0.2) is 0 Å². The molecule has 106 valence electrons. The first-order valence-electron chi connectivity index (χ1n) is 6.39. The van der Waals surface area contributed by atoms with E-state index in [1.807, 2.05) is 12.2 Å². The lowest BCUT2D eigenvalue weighted by molar-refractivity contribution is -0.384. The summed E-state index contributed by atoms with van der Waals surface area (Å²) in [4.78, 5) is 10.2. The third-order valence-electron chi connectivity index (χ3n) is 2.95. The van der Waals surface area contributed by atoms with Gasteiger partial charge in [0.1, 0.15) is 0 Å². The van der Waals surface area contributed by atoms with Crippen LogP contribution in [0, 0.1) is 10.1 Å². The summed E-state index contributed by atoms with van der Waals surface area (Å²) in [6.45, 7) is 3.89. The molecular formula is C17H14INO2. The number of halogens is 1. The van der Waals surface area contributed by atoms with Crippen LogP contribution in [-0.4, -0.2) is 4.92 Å². The number of nitrogens with zero attached hydrogens (tertiary/aromatic N) is 1. The fraction of sp³-hybridized carbons (Fsp3) is 0.0588. The van der Waals surface area contributed by atoms with E-state index in [0.717, 1.165) is 21.1 Å². The molecular weight excluding hydrogens is 377 g/mol. The SMILES string of the molecule is C=C(I)Cc1ccc(/C=C/c2ccc([N+](=O)[O-])cc2)cc1. The Morgan fingerprint density at radius 2 is 1.52 bits per heavy atom. The van der Waals surface area contributed by atoms with Crippen LogP contribution in [0.1, 0.15) is 16.7 Å². The van der Waals surface area contributed by atoms with Gasteiger partial charge in [-0.25, -0.2) is 0 Å². The van der Waals surface area contributed by atoms with E-state index in [2.05, 4.69) is 53.4 Å². The van der Waals surface area contributed by atoms with E-state index in [9.17, 15) is 10.1 Å². The summed E-state index contributed by atoms with van der Waals surface area (Å²) in [5.74, 6) is 0. The molecule has 0 aliphatic carbocycles. The molecule has 21 heavy (non-hydrogen) atoms. The highest BCUT2D eigenvalue weighted by atomic mass is 127. The molecule has 0 saturated heterocycles. The van der Waals surface area contributed by atoms with Gasteiger partial charge in [0, 0.05) is 18.6 Å². The molecule has 0 atom stereocenters. The lowest BCUT2D eigenvalue weighted by Gasteiger charge is -2.00. The van der Waals surface area contributed by atoms with E-state index in [0.29, 0.717) is 0 Å². The molecule has 0 fully saturated rings. The van der Waals surface area contributed by atoms with Crippen molar-refractivity contribution in [3.8, 4) is 0 Å². The van der Waals surface area contributed by atoms with Crippen molar-refractivity contribution in [1.82, 2.24) is 0 Å². The second-order valence-corrected chi connectivity index (χ2v) is 6.14. The van der Waals surface area contributed by atoms with E-state index in [4.69, 9.17) is 0 Å². The standard InChI is InChI=1S/C17H14INO2/c1-13(18)12-16-6-4-14(5-7-16)2-3-15-8-10-17(11-9-15)19(20)21/h2-11H,1,12H2/b3-2+. The molecule has 0 aromatic heterocycles. The minimum Gasteiger partial charge on any atom is -0.258 e. The largest absolute Gasteiger partial charge is 0.269 e. The van der Waals surface area contributed by atoms with Crippen LogP contribution < -0.4 is 0 Å². The number of allylic oxidation sites excluding steroid dienone is 1. The van der Waals surface area contributed by atoms with Crippen LogP contribution in [0.2, 0.25) is 0 Å². The number of non-ortho nitro benzene ring substituents is 1. The number of nitro groups is 1. The van der Waals surface area contributed by atoms with Gasteiger partial charge in [-0.05, 0) is 55.0 Å². The number of rotatable bonds is 5. The van der Waals surface area contributed by atoms with Crippen molar-refractivity contribution in [2.45, 2.75) is 6.42 Å². The van der Waals surface area contributed by atoms with Crippen molar-refractivity contribution < 1.29 is 4.92 Å². The summed E-state index contributed by atoms with van der Waals surface area (Å²) in [5, 5.41) is 10.6. The van der Waals surface area contributed by atoms with Crippen molar-refractivity contribution in [2.24, 2.45) is 0 Å². The highest BCUT2D eigenvalue weighted by molar-refractivity contribution is 14.1. The predicted octanol–water partition coefficient (Wildman–Crippen LogP) is 5.26. The number of benzene rings is 2. The van der Waals surface area contributed by atoms with Gasteiger partial charge in [-0.15, -0.1) is 0 Å². The molecule has 3 nitrogen and oxygen atoms in total. The monoisotopic (exact) mass is 391 g/mol. The van der Waals surface area contributed by atoms with Gasteiger partial charge >= 0.3 is 0 Å². The molecule has 0 aliphatic rings. The molecule has 0 heterocycles. The fourth-order valence-corrected chi connectivity index (χ4v) is 2.31. The van der Waals surface area contributed by atoms with Crippen LogP contribution in [0.25, 0.3) is 12.2 Å². The number of hydrogen-bond acceptors (Lipinski definition) is 2. The lowest BCUT2D eigenvalue weighted by atomic mass is 10.1. The maximum absolute atomic E-state index is 10.6. The maximum atomic E-state index is 10.6. The zero-order valence-electron chi connectivity index (χ0n) is 11.3. The van der Waals surface area contributed by atoms with Gasteiger partial charge in [-0.1, -0.05) is 43.0 Å². The zero-order valence-corrected chi connectivity index (χ0v) is 13.5. The molecule has 2 aromatic rings. The van der Waals surface area contributed by atoms with Gasteiger partial charge in [0.25, 0.3) is 5.69 Å². The Morgan fingerprint density at radius 3 is 1.95 bits per heavy atom. The smallest absolute Gasteiger partial charge is 0.258 e. The summed E-state index contributed by atoms with van der Waals surface area (Å²) in [7, 11) is 0. The second kappa shape index (κ2) is 7.17. The average molecular weight is 391 g/mol. The molecule has 0 N–H and O–H groups in total.